The van der Waals surface area contributed by atoms with Gasteiger partial charge in [-0.05, 0) is 19.0 Å². The van der Waals surface area contributed by atoms with Crippen molar-refractivity contribution < 1.29 is 4.52 Å². The molecule has 1 aromatic rings. The molecule has 0 spiro atoms. The van der Waals surface area contributed by atoms with E-state index in [-0.39, 0.29) is 12.0 Å². The van der Waals surface area contributed by atoms with Gasteiger partial charge in [-0.25, -0.2) is 0 Å². The van der Waals surface area contributed by atoms with E-state index in [1.54, 1.807) is 0 Å². The molecule has 0 fully saturated rings. The standard InChI is InChI=1S/C13H26N4O/c1-6-17(7-2)8-11(14)12-15-13(18-16-12)10(5)9(3)4/h9-11H,6-8,14H2,1-5H3. The van der Waals surface area contributed by atoms with Gasteiger partial charge in [0.2, 0.25) is 5.89 Å². The summed E-state index contributed by atoms with van der Waals surface area (Å²) in [6.45, 7) is 13.4. The van der Waals surface area contributed by atoms with Crippen molar-refractivity contribution in [2.24, 2.45) is 11.7 Å². The number of rotatable bonds is 7. The lowest BCUT2D eigenvalue weighted by molar-refractivity contribution is 0.276. The lowest BCUT2D eigenvalue weighted by Crippen LogP contribution is -2.32. The third kappa shape index (κ3) is 3.78. The Morgan fingerprint density at radius 1 is 1.22 bits per heavy atom. The molecule has 0 amide bonds. The first kappa shape index (κ1) is 15.1. The number of likely N-dealkylation sites (N-methyl/N-ethyl adjacent to an activating group) is 1. The number of nitrogens with zero attached hydrogens (tertiary/aromatic N) is 3. The molecule has 0 radical (unpaired) electrons. The summed E-state index contributed by atoms with van der Waals surface area (Å²) in [5.41, 5.74) is 6.11. The molecule has 2 N–H and O–H groups in total. The average molecular weight is 254 g/mol. The Labute approximate surface area is 110 Å². The fraction of sp³-hybridized carbons (Fsp3) is 0.846. The normalized spacial score (nSPS) is 15.3. The minimum atomic E-state index is -0.179. The SMILES string of the molecule is CCN(CC)CC(N)c1noc(C(C)C(C)C)n1. The Bertz CT molecular complexity index is 347. The maximum absolute atomic E-state index is 6.11. The molecule has 1 rings (SSSR count). The second-order valence-corrected chi connectivity index (χ2v) is 5.12. The van der Waals surface area contributed by atoms with Crippen molar-refractivity contribution in [3.05, 3.63) is 11.7 Å². The van der Waals surface area contributed by atoms with Crippen LogP contribution < -0.4 is 5.73 Å². The van der Waals surface area contributed by atoms with E-state index in [4.69, 9.17) is 10.3 Å². The van der Waals surface area contributed by atoms with Gasteiger partial charge in [0.15, 0.2) is 5.82 Å². The zero-order chi connectivity index (χ0) is 13.7. The van der Waals surface area contributed by atoms with Gasteiger partial charge in [-0.3, -0.25) is 0 Å². The summed E-state index contributed by atoms with van der Waals surface area (Å²) in [6, 6.07) is -0.179. The molecule has 0 aliphatic heterocycles. The molecule has 0 aliphatic carbocycles. The molecule has 0 bridgehead atoms. The van der Waals surface area contributed by atoms with Gasteiger partial charge in [0.05, 0.1) is 6.04 Å². The zero-order valence-corrected chi connectivity index (χ0v) is 12.2. The van der Waals surface area contributed by atoms with E-state index in [9.17, 15) is 0 Å². The van der Waals surface area contributed by atoms with E-state index in [0.717, 1.165) is 19.6 Å². The van der Waals surface area contributed by atoms with E-state index in [1.165, 1.54) is 0 Å². The number of hydrogen-bond acceptors (Lipinski definition) is 5. The van der Waals surface area contributed by atoms with Gasteiger partial charge in [-0.2, -0.15) is 4.98 Å². The van der Waals surface area contributed by atoms with E-state index in [2.05, 4.69) is 49.7 Å². The fourth-order valence-electron chi connectivity index (χ4n) is 1.71. The highest BCUT2D eigenvalue weighted by Gasteiger charge is 2.21. The summed E-state index contributed by atoms with van der Waals surface area (Å²) < 4.78 is 5.30. The van der Waals surface area contributed by atoms with Crippen LogP contribution in [0.2, 0.25) is 0 Å². The van der Waals surface area contributed by atoms with Crippen LogP contribution in [0.15, 0.2) is 4.52 Å². The van der Waals surface area contributed by atoms with Gasteiger partial charge >= 0.3 is 0 Å². The molecule has 2 unspecified atom stereocenters. The minimum absolute atomic E-state index is 0.179. The molecule has 0 aromatic carbocycles. The highest BCUT2D eigenvalue weighted by Crippen LogP contribution is 2.22. The van der Waals surface area contributed by atoms with Gasteiger partial charge in [0.25, 0.3) is 0 Å². The first-order valence-electron chi connectivity index (χ1n) is 6.80. The molecule has 1 aromatic heterocycles. The second-order valence-electron chi connectivity index (χ2n) is 5.12. The molecule has 0 saturated carbocycles. The van der Waals surface area contributed by atoms with Gasteiger partial charge in [-0.1, -0.05) is 39.8 Å². The van der Waals surface area contributed by atoms with Crippen LogP contribution in [0.5, 0.6) is 0 Å². The smallest absolute Gasteiger partial charge is 0.229 e. The Morgan fingerprint density at radius 3 is 2.33 bits per heavy atom. The minimum Gasteiger partial charge on any atom is -0.339 e. The van der Waals surface area contributed by atoms with E-state index in [1.807, 2.05) is 0 Å². The molecule has 5 heteroatoms. The first-order valence-corrected chi connectivity index (χ1v) is 6.80. The maximum atomic E-state index is 6.11. The second kappa shape index (κ2) is 6.85. The van der Waals surface area contributed by atoms with Crippen molar-refractivity contribution in [1.82, 2.24) is 15.0 Å². The van der Waals surface area contributed by atoms with Crippen LogP contribution >= 0.6 is 0 Å². The predicted molar refractivity (Wildman–Crippen MR) is 72.3 cm³/mol. The molecule has 0 aliphatic rings. The van der Waals surface area contributed by atoms with Crippen molar-refractivity contribution in [3.63, 3.8) is 0 Å². The van der Waals surface area contributed by atoms with Crippen LogP contribution in [0.25, 0.3) is 0 Å². The molecular weight excluding hydrogens is 228 g/mol. The number of aromatic nitrogens is 2. The third-order valence-corrected chi connectivity index (χ3v) is 3.53. The molecule has 0 saturated heterocycles. The highest BCUT2D eigenvalue weighted by atomic mass is 16.5. The molecule has 5 nitrogen and oxygen atoms in total. The summed E-state index contributed by atoms with van der Waals surface area (Å²) in [5, 5.41) is 4.00. The lowest BCUT2D eigenvalue weighted by atomic mass is 9.98. The van der Waals surface area contributed by atoms with Crippen LogP contribution in [0.3, 0.4) is 0 Å². The third-order valence-electron chi connectivity index (χ3n) is 3.53. The van der Waals surface area contributed by atoms with Crippen molar-refractivity contribution in [3.8, 4) is 0 Å². The van der Waals surface area contributed by atoms with Crippen LogP contribution in [0.1, 0.15) is 58.3 Å². The van der Waals surface area contributed by atoms with Gasteiger partial charge in [-0.15, -0.1) is 0 Å². The Morgan fingerprint density at radius 2 is 1.83 bits per heavy atom. The highest BCUT2D eigenvalue weighted by molar-refractivity contribution is 4.98. The van der Waals surface area contributed by atoms with Crippen molar-refractivity contribution in [2.45, 2.75) is 46.6 Å². The van der Waals surface area contributed by atoms with Gasteiger partial charge in [0.1, 0.15) is 0 Å². The first-order chi connectivity index (χ1) is 8.49. The zero-order valence-electron chi connectivity index (χ0n) is 12.2. The van der Waals surface area contributed by atoms with E-state index in [0.29, 0.717) is 17.6 Å². The van der Waals surface area contributed by atoms with Crippen LogP contribution in [0.4, 0.5) is 0 Å². The van der Waals surface area contributed by atoms with Crippen molar-refractivity contribution >= 4 is 0 Å². The topological polar surface area (TPSA) is 68.2 Å². The summed E-state index contributed by atoms with van der Waals surface area (Å²) in [6.07, 6.45) is 0. The van der Waals surface area contributed by atoms with Crippen molar-refractivity contribution in [1.29, 1.82) is 0 Å². The quantitative estimate of drug-likeness (QED) is 0.807. The average Bonchev–Trinajstić information content (AvgIpc) is 2.84. The molecule has 1 heterocycles. The number of nitrogens with two attached hydrogens (primary N) is 1. The monoisotopic (exact) mass is 254 g/mol. The Kier molecular flexibility index (Phi) is 5.75. The van der Waals surface area contributed by atoms with Gasteiger partial charge in [0, 0.05) is 12.5 Å². The maximum Gasteiger partial charge on any atom is 0.229 e. The van der Waals surface area contributed by atoms with Crippen LogP contribution in [0, 0.1) is 5.92 Å². The fourth-order valence-corrected chi connectivity index (χ4v) is 1.71. The Hall–Kier alpha value is -0.940. The largest absolute Gasteiger partial charge is 0.339 e. The summed E-state index contributed by atoms with van der Waals surface area (Å²) >= 11 is 0. The predicted octanol–water partition coefficient (Wildman–Crippen LogP) is 2.17. The number of hydrogen-bond donors (Lipinski definition) is 1. The lowest BCUT2D eigenvalue weighted by Gasteiger charge is -2.20. The van der Waals surface area contributed by atoms with Gasteiger partial charge < -0.3 is 15.2 Å². The molecule has 2 atom stereocenters. The summed E-state index contributed by atoms with van der Waals surface area (Å²) in [7, 11) is 0. The van der Waals surface area contributed by atoms with E-state index < -0.39 is 0 Å². The van der Waals surface area contributed by atoms with E-state index >= 15 is 0 Å². The van der Waals surface area contributed by atoms with Crippen molar-refractivity contribution in [2.75, 3.05) is 19.6 Å². The van der Waals surface area contributed by atoms with Crippen LogP contribution in [-0.2, 0) is 0 Å². The summed E-state index contributed by atoms with van der Waals surface area (Å²) in [4.78, 5) is 6.68. The molecular formula is C13H26N4O. The molecule has 18 heavy (non-hydrogen) atoms. The Balaban J connectivity index is 2.67. The molecule has 104 valence electrons. The van der Waals surface area contributed by atoms with Crippen LogP contribution in [-0.4, -0.2) is 34.7 Å². The summed E-state index contributed by atoms with van der Waals surface area (Å²) in [5.74, 6) is 2.06.